The fourth-order valence-electron chi connectivity index (χ4n) is 2.68. The molecule has 1 saturated heterocycles. The number of nitrogens with one attached hydrogen (secondary N) is 1. The quantitative estimate of drug-likeness (QED) is 0.940. The number of rotatable bonds is 3. The van der Waals surface area contributed by atoms with Crippen molar-refractivity contribution in [3.05, 3.63) is 42.0 Å². The number of amides is 2. The van der Waals surface area contributed by atoms with Crippen molar-refractivity contribution in [2.75, 3.05) is 16.8 Å². The van der Waals surface area contributed by atoms with Crippen LogP contribution in [-0.4, -0.2) is 28.1 Å². The van der Waals surface area contributed by atoms with Gasteiger partial charge in [-0.1, -0.05) is 6.07 Å². The van der Waals surface area contributed by atoms with Crippen LogP contribution in [-0.2, 0) is 16.6 Å². The molecule has 7 heteroatoms. The van der Waals surface area contributed by atoms with E-state index in [-0.39, 0.29) is 30.5 Å². The van der Waals surface area contributed by atoms with E-state index >= 15 is 0 Å². The Kier molecular flexibility index (Phi) is 3.85. The molecule has 1 aliphatic rings. The van der Waals surface area contributed by atoms with Gasteiger partial charge in [-0.25, -0.2) is 4.39 Å². The summed E-state index contributed by atoms with van der Waals surface area (Å²) in [6, 6.07) is 4.70. The van der Waals surface area contributed by atoms with Crippen LogP contribution in [0, 0.1) is 18.7 Å². The third kappa shape index (κ3) is 3.08. The summed E-state index contributed by atoms with van der Waals surface area (Å²) >= 11 is 0. The Morgan fingerprint density at radius 1 is 1.43 bits per heavy atom. The lowest BCUT2D eigenvalue weighted by Gasteiger charge is -2.17. The van der Waals surface area contributed by atoms with Crippen LogP contribution in [0.3, 0.4) is 0 Å². The number of halogens is 1. The Hall–Kier alpha value is -2.70. The Labute approximate surface area is 132 Å². The molecule has 120 valence electrons. The van der Waals surface area contributed by atoms with Gasteiger partial charge in [-0.15, -0.1) is 0 Å². The molecule has 1 unspecified atom stereocenters. The van der Waals surface area contributed by atoms with Crippen molar-refractivity contribution in [1.29, 1.82) is 0 Å². The van der Waals surface area contributed by atoms with Gasteiger partial charge < -0.3 is 10.2 Å². The number of nitrogens with zero attached hydrogens (tertiary/aromatic N) is 3. The van der Waals surface area contributed by atoms with Crippen molar-refractivity contribution in [2.24, 2.45) is 13.0 Å². The fraction of sp³-hybridized carbons (Fsp3) is 0.312. The Bertz CT molecular complexity index is 771. The molecule has 23 heavy (non-hydrogen) atoms. The molecule has 0 radical (unpaired) electrons. The smallest absolute Gasteiger partial charge is 0.229 e. The predicted octanol–water partition coefficient (Wildman–Crippen LogP) is 1.86. The topological polar surface area (TPSA) is 67.2 Å². The van der Waals surface area contributed by atoms with E-state index in [1.54, 1.807) is 37.0 Å². The first-order chi connectivity index (χ1) is 10.9. The standard InChI is InChI=1S/C16H17FN4O2/c1-10-3-4-14(13(17)5-10)21-8-11(6-15(21)22)16(23)19-12-7-18-20(2)9-12/h3-5,7,9,11H,6,8H2,1-2H3,(H,19,23). The summed E-state index contributed by atoms with van der Waals surface area (Å²) < 4.78 is 15.6. The van der Waals surface area contributed by atoms with Crippen LogP contribution in [0.4, 0.5) is 15.8 Å². The van der Waals surface area contributed by atoms with Gasteiger partial charge in [-0.05, 0) is 24.6 Å². The summed E-state index contributed by atoms with van der Waals surface area (Å²) in [5.41, 5.74) is 1.57. The van der Waals surface area contributed by atoms with Crippen molar-refractivity contribution in [3.63, 3.8) is 0 Å². The average molecular weight is 316 g/mol. The van der Waals surface area contributed by atoms with E-state index in [0.717, 1.165) is 5.56 Å². The molecule has 1 fully saturated rings. The lowest BCUT2D eigenvalue weighted by molar-refractivity contribution is -0.122. The second kappa shape index (κ2) is 5.83. The molecule has 1 N–H and O–H groups in total. The molecule has 1 aliphatic heterocycles. The summed E-state index contributed by atoms with van der Waals surface area (Å²) in [6.07, 6.45) is 3.28. The molecule has 1 atom stereocenters. The van der Waals surface area contributed by atoms with Gasteiger partial charge in [0.05, 0.1) is 23.5 Å². The van der Waals surface area contributed by atoms with Gasteiger partial charge >= 0.3 is 0 Å². The summed E-state index contributed by atoms with van der Waals surface area (Å²) in [5.74, 6) is -1.48. The zero-order valence-electron chi connectivity index (χ0n) is 12.9. The number of benzene rings is 1. The van der Waals surface area contributed by atoms with Crippen LogP contribution in [0.5, 0.6) is 0 Å². The van der Waals surface area contributed by atoms with Crippen molar-refractivity contribution >= 4 is 23.2 Å². The minimum atomic E-state index is -0.511. The largest absolute Gasteiger partial charge is 0.323 e. The van der Waals surface area contributed by atoms with Gasteiger partial charge in [0.1, 0.15) is 5.82 Å². The summed E-state index contributed by atoms with van der Waals surface area (Å²) in [7, 11) is 1.75. The fourth-order valence-corrected chi connectivity index (χ4v) is 2.68. The molecule has 2 heterocycles. The number of anilines is 2. The number of hydrogen-bond acceptors (Lipinski definition) is 3. The van der Waals surface area contributed by atoms with Gasteiger partial charge in [-0.3, -0.25) is 14.3 Å². The summed E-state index contributed by atoms with van der Waals surface area (Å²) in [6.45, 7) is 1.95. The van der Waals surface area contributed by atoms with E-state index < -0.39 is 11.7 Å². The molecule has 0 aliphatic carbocycles. The maximum Gasteiger partial charge on any atom is 0.229 e. The van der Waals surface area contributed by atoms with E-state index in [1.807, 2.05) is 0 Å². The van der Waals surface area contributed by atoms with E-state index in [4.69, 9.17) is 0 Å². The minimum absolute atomic E-state index is 0.0689. The number of carbonyl (C=O) groups is 2. The SMILES string of the molecule is Cc1ccc(N2CC(C(=O)Nc3cnn(C)c3)CC2=O)c(F)c1. The first-order valence-electron chi connectivity index (χ1n) is 7.30. The van der Waals surface area contributed by atoms with Crippen LogP contribution in [0.25, 0.3) is 0 Å². The lowest BCUT2D eigenvalue weighted by Crippen LogP contribution is -2.28. The highest BCUT2D eigenvalue weighted by molar-refractivity contribution is 6.03. The number of carbonyl (C=O) groups excluding carboxylic acids is 2. The van der Waals surface area contributed by atoms with Crippen LogP contribution < -0.4 is 10.2 Å². The Morgan fingerprint density at radius 2 is 2.22 bits per heavy atom. The maximum atomic E-state index is 14.0. The average Bonchev–Trinajstić information content (AvgIpc) is 3.05. The van der Waals surface area contributed by atoms with Crippen molar-refractivity contribution < 1.29 is 14.0 Å². The molecule has 3 rings (SSSR count). The first-order valence-corrected chi connectivity index (χ1v) is 7.30. The summed E-state index contributed by atoms with van der Waals surface area (Å²) in [5, 5.41) is 6.69. The molecule has 6 nitrogen and oxygen atoms in total. The second-order valence-corrected chi connectivity index (χ2v) is 5.75. The van der Waals surface area contributed by atoms with Crippen LogP contribution in [0.15, 0.2) is 30.6 Å². The molecule has 2 aromatic rings. The highest BCUT2D eigenvalue weighted by Gasteiger charge is 2.36. The highest BCUT2D eigenvalue weighted by atomic mass is 19.1. The second-order valence-electron chi connectivity index (χ2n) is 5.75. The molecule has 0 saturated carbocycles. The molecule has 0 spiro atoms. The molecule has 1 aromatic carbocycles. The van der Waals surface area contributed by atoms with Crippen molar-refractivity contribution in [1.82, 2.24) is 9.78 Å². The minimum Gasteiger partial charge on any atom is -0.323 e. The van der Waals surface area contributed by atoms with E-state index in [9.17, 15) is 14.0 Å². The zero-order valence-corrected chi connectivity index (χ0v) is 12.9. The lowest BCUT2D eigenvalue weighted by atomic mass is 10.1. The van der Waals surface area contributed by atoms with Crippen LogP contribution in [0.2, 0.25) is 0 Å². The summed E-state index contributed by atoms with van der Waals surface area (Å²) in [4.78, 5) is 25.7. The van der Waals surface area contributed by atoms with Crippen LogP contribution >= 0.6 is 0 Å². The van der Waals surface area contributed by atoms with E-state index in [0.29, 0.717) is 5.69 Å². The number of aryl methyl sites for hydroxylation is 2. The van der Waals surface area contributed by atoms with E-state index in [2.05, 4.69) is 10.4 Å². The number of aromatic nitrogens is 2. The molecule has 2 amide bonds. The molecule has 0 bridgehead atoms. The molecule has 1 aromatic heterocycles. The Morgan fingerprint density at radius 3 is 2.87 bits per heavy atom. The highest BCUT2D eigenvalue weighted by Crippen LogP contribution is 2.28. The Balaban J connectivity index is 1.73. The third-order valence-electron chi connectivity index (χ3n) is 3.86. The maximum absolute atomic E-state index is 14.0. The van der Waals surface area contributed by atoms with Gasteiger partial charge in [0.25, 0.3) is 0 Å². The van der Waals surface area contributed by atoms with Crippen molar-refractivity contribution in [2.45, 2.75) is 13.3 Å². The molecular weight excluding hydrogens is 299 g/mol. The first kappa shape index (κ1) is 15.2. The van der Waals surface area contributed by atoms with Crippen LogP contribution in [0.1, 0.15) is 12.0 Å². The normalized spacial score (nSPS) is 17.6. The van der Waals surface area contributed by atoms with Gasteiger partial charge in [0.15, 0.2) is 0 Å². The number of hydrogen-bond donors (Lipinski definition) is 1. The van der Waals surface area contributed by atoms with Crippen molar-refractivity contribution in [3.8, 4) is 0 Å². The van der Waals surface area contributed by atoms with Gasteiger partial charge in [0, 0.05) is 26.2 Å². The third-order valence-corrected chi connectivity index (χ3v) is 3.86. The van der Waals surface area contributed by atoms with Gasteiger partial charge in [0.2, 0.25) is 11.8 Å². The van der Waals surface area contributed by atoms with E-state index in [1.165, 1.54) is 17.2 Å². The monoisotopic (exact) mass is 316 g/mol. The zero-order chi connectivity index (χ0) is 16.6. The van der Waals surface area contributed by atoms with Gasteiger partial charge in [-0.2, -0.15) is 5.10 Å². The molecular formula is C16H17FN4O2. The predicted molar refractivity (Wildman–Crippen MR) is 83.4 cm³/mol.